The van der Waals surface area contributed by atoms with Crippen molar-refractivity contribution in [3.8, 4) is 0 Å². The van der Waals surface area contributed by atoms with Crippen LogP contribution < -0.4 is 0 Å². The number of halogens is 3. The predicted octanol–water partition coefficient (Wildman–Crippen LogP) is 3.60. The van der Waals surface area contributed by atoms with Crippen molar-refractivity contribution in [2.45, 2.75) is 42.7 Å². The summed E-state index contributed by atoms with van der Waals surface area (Å²) in [7, 11) is 0. The Balaban J connectivity index is 1.26. The molecule has 4 rings (SSSR count). The minimum absolute atomic E-state index is 0.0395. The van der Waals surface area contributed by atoms with E-state index in [1.165, 1.54) is 0 Å². The fourth-order valence-electron chi connectivity index (χ4n) is 4.87. The van der Waals surface area contributed by atoms with Crippen LogP contribution in [0.5, 0.6) is 0 Å². The molecule has 1 aliphatic carbocycles. The molecule has 3 aliphatic rings. The van der Waals surface area contributed by atoms with Gasteiger partial charge in [-0.05, 0) is 49.9 Å². The largest absolute Gasteiger partial charge is 0.341 e. The van der Waals surface area contributed by atoms with E-state index in [-0.39, 0.29) is 22.6 Å². The van der Waals surface area contributed by atoms with Crippen LogP contribution >= 0.6 is 27.5 Å². The maximum atomic E-state index is 14.0. The SMILES string of the molecule is O=C(c1ccc(Cl)cc1)N1CCN([C@H]2CCN(C(=O)C3CC[C@H](Br)C(F)C3)C2)CC1. The van der Waals surface area contributed by atoms with Crippen molar-refractivity contribution >= 4 is 39.3 Å². The van der Waals surface area contributed by atoms with Crippen LogP contribution in [0.3, 0.4) is 0 Å². The molecule has 1 saturated carbocycles. The molecule has 2 unspecified atom stereocenters. The highest BCUT2D eigenvalue weighted by atomic mass is 79.9. The van der Waals surface area contributed by atoms with Crippen LogP contribution in [-0.2, 0) is 4.79 Å². The number of amides is 2. The lowest BCUT2D eigenvalue weighted by molar-refractivity contribution is -0.136. The summed E-state index contributed by atoms with van der Waals surface area (Å²) < 4.78 is 14.0. The lowest BCUT2D eigenvalue weighted by Gasteiger charge is -2.38. The monoisotopic (exact) mass is 499 g/mol. The summed E-state index contributed by atoms with van der Waals surface area (Å²) >= 11 is 9.28. The van der Waals surface area contributed by atoms with Crippen molar-refractivity contribution < 1.29 is 14.0 Å². The Bertz CT molecular complexity index is 772. The van der Waals surface area contributed by atoms with E-state index in [1.54, 1.807) is 24.3 Å². The highest BCUT2D eigenvalue weighted by Gasteiger charge is 2.38. The average molecular weight is 501 g/mol. The maximum absolute atomic E-state index is 14.0. The molecule has 2 amide bonds. The summed E-state index contributed by atoms with van der Waals surface area (Å²) in [5.74, 6) is -0.0183. The van der Waals surface area contributed by atoms with Crippen molar-refractivity contribution in [2.24, 2.45) is 5.92 Å². The van der Waals surface area contributed by atoms with Gasteiger partial charge in [0.2, 0.25) is 5.91 Å². The molecule has 2 heterocycles. The van der Waals surface area contributed by atoms with Gasteiger partial charge in [0.15, 0.2) is 0 Å². The van der Waals surface area contributed by atoms with Crippen LogP contribution in [0.2, 0.25) is 5.02 Å². The molecule has 5 nitrogen and oxygen atoms in total. The minimum atomic E-state index is -0.933. The van der Waals surface area contributed by atoms with Gasteiger partial charge < -0.3 is 9.80 Å². The molecule has 164 valence electrons. The third-order valence-corrected chi connectivity index (χ3v) is 8.01. The smallest absolute Gasteiger partial charge is 0.253 e. The van der Waals surface area contributed by atoms with Crippen molar-refractivity contribution in [3.63, 3.8) is 0 Å². The Kier molecular flexibility index (Phi) is 7.00. The van der Waals surface area contributed by atoms with E-state index in [1.807, 2.05) is 9.80 Å². The van der Waals surface area contributed by atoms with E-state index < -0.39 is 6.17 Å². The zero-order chi connectivity index (χ0) is 21.3. The number of likely N-dealkylation sites (tertiary alicyclic amines) is 1. The Morgan fingerprint density at radius 3 is 2.33 bits per heavy atom. The topological polar surface area (TPSA) is 43.9 Å². The molecule has 0 bridgehead atoms. The molecule has 2 aliphatic heterocycles. The summed E-state index contributed by atoms with van der Waals surface area (Å²) in [4.78, 5) is 31.7. The van der Waals surface area contributed by atoms with Crippen LogP contribution in [-0.4, -0.2) is 82.8 Å². The summed E-state index contributed by atoms with van der Waals surface area (Å²) in [5, 5.41) is 0.624. The predicted molar refractivity (Wildman–Crippen MR) is 119 cm³/mol. The first-order valence-corrected chi connectivity index (χ1v) is 12.1. The van der Waals surface area contributed by atoms with Gasteiger partial charge in [0.05, 0.1) is 0 Å². The van der Waals surface area contributed by atoms with Crippen LogP contribution in [0.1, 0.15) is 36.0 Å². The molecule has 0 radical (unpaired) electrons. The Hall–Kier alpha value is -1.18. The van der Waals surface area contributed by atoms with Crippen LogP contribution in [0.4, 0.5) is 4.39 Å². The number of piperazine rings is 1. The number of alkyl halides is 2. The van der Waals surface area contributed by atoms with E-state index in [4.69, 9.17) is 11.6 Å². The first kappa shape index (κ1) is 22.0. The normalized spacial score (nSPS) is 30.5. The van der Waals surface area contributed by atoms with Gasteiger partial charge >= 0.3 is 0 Å². The van der Waals surface area contributed by atoms with Gasteiger partial charge in [-0.25, -0.2) is 4.39 Å². The molecule has 0 N–H and O–H groups in total. The van der Waals surface area contributed by atoms with Crippen molar-refractivity contribution in [2.75, 3.05) is 39.3 Å². The standard InChI is InChI=1S/C22H28BrClFN3O2/c23-19-6-3-16(13-20(19)25)22(30)28-8-7-18(14-28)26-9-11-27(12-10-26)21(29)15-1-4-17(24)5-2-15/h1-2,4-5,16,18-20H,3,6-14H2/t16?,18-,19-,20?/m0/s1. The number of carbonyl (C=O) groups is 2. The molecule has 2 saturated heterocycles. The van der Waals surface area contributed by atoms with E-state index in [0.717, 1.165) is 45.4 Å². The molecule has 1 aromatic rings. The van der Waals surface area contributed by atoms with E-state index in [2.05, 4.69) is 20.8 Å². The lowest BCUT2D eigenvalue weighted by atomic mass is 9.87. The van der Waals surface area contributed by atoms with Crippen molar-refractivity contribution in [1.29, 1.82) is 0 Å². The number of hydrogen-bond acceptors (Lipinski definition) is 3. The number of rotatable bonds is 3. The molecule has 1 aromatic carbocycles. The Morgan fingerprint density at radius 1 is 0.967 bits per heavy atom. The van der Waals surface area contributed by atoms with Gasteiger partial charge in [-0.2, -0.15) is 0 Å². The average Bonchev–Trinajstić information content (AvgIpc) is 3.25. The van der Waals surface area contributed by atoms with Crippen molar-refractivity contribution in [1.82, 2.24) is 14.7 Å². The zero-order valence-corrected chi connectivity index (χ0v) is 19.3. The van der Waals surface area contributed by atoms with Crippen LogP contribution in [0.25, 0.3) is 0 Å². The van der Waals surface area contributed by atoms with Gasteiger partial charge in [0.25, 0.3) is 5.91 Å². The number of carbonyl (C=O) groups excluding carboxylic acids is 2. The molecular weight excluding hydrogens is 473 g/mol. The molecular formula is C22H28BrClFN3O2. The van der Waals surface area contributed by atoms with Gasteiger partial charge in [-0.15, -0.1) is 0 Å². The van der Waals surface area contributed by atoms with Gasteiger partial charge in [-0.3, -0.25) is 14.5 Å². The number of nitrogens with zero attached hydrogens (tertiary/aromatic N) is 3. The fraction of sp³-hybridized carbons (Fsp3) is 0.636. The maximum Gasteiger partial charge on any atom is 0.253 e. The van der Waals surface area contributed by atoms with Crippen LogP contribution in [0.15, 0.2) is 24.3 Å². The summed E-state index contributed by atoms with van der Waals surface area (Å²) in [6.07, 6.45) is 1.84. The van der Waals surface area contributed by atoms with Gasteiger partial charge in [-0.1, -0.05) is 27.5 Å². The third kappa shape index (κ3) is 4.83. The molecule has 30 heavy (non-hydrogen) atoms. The first-order valence-electron chi connectivity index (χ1n) is 10.8. The van der Waals surface area contributed by atoms with Gasteiger partial charge in [0, 0.05) is 66.6 Å². The van der Waals surface area contributed by atoms with Crippen molar-refractivity contribution in [3.05, 3.63) is 34.9 Å². The number of benzene rings is 1. The highest BCUT2D eigenvalue weighted by molar-refractivity contribution is 9.09. The minimum Gasteiger partial charge on any atom is -0.341 e. The Labute approximate surface area is 190 Å². The molecule has 4 atom stereocenters. The second-order valence-corrected chi connectivity index (χ2v) is 10.2. The lowest BCUT2D eigenvalue weighted by Crippen LogP contribution is -2.52. The van der Waals surface area contributed by atoms with Gasteiger partial charge in [0.1, 0.15) is 6.17 Å². The second-order valence-electron chi connectivity index (χ2n) is 8.60. The second kappa shape index (κ2) is 9.53. The first-order chi connectivity index (χ1) is 14.4. The van der Waals surface area contributed by atoms with E-state index in [0.29, 0.717) is 36.1 Å². The van der Waals surface area contributed by atoms with E-state index >= 15 is 0 Å². The zero-order valence-electron chi connectivity index (χ0n) is 17.0. The quantitative estimate of drug-likeness (QED) is 0.596. The van der Waals surface area contributed by atoms with E-state index in [9.17, 15) is 14.0 Å². The third-order valence-electron chi connectivity index (χ3n) is 6.73. The number of hydrogen-bond donors (Lipinski definition) is 0. The summed E-state index contributed by atoms with van der Waals surface area (Å²) in [5.41, 5.74) is 0.662. The highest BCUT2D eigenvalue weighted by Crippen LogP contribution is 2.33. The molecule has 0 spiro atoms. The molecule has 0 aromatic heterocycles. The summed E-state index contributed by atoms with van der Waals surface area (Å²) in [6, 6.07) is 7.34. The summed E-state index contributed by atoms with van der Waals surface area (Å²) in [6.45, 7) is 4.46. The molecule has 3 fully saturated rings. The van der Waals surface area contributed by atoms with Crippen LogP contribution in [0, 0.1) is 5.92 Å². The Morgan fingerprint density at radius 2 is 1.67 bits per heavy atom. The fourth-order valence-corrected chi connectivity index (χ4v) is 5.47. The molecule has 8 heteroatoms.